The molecule has 1 N–H and O–H groups in total. The Morgan fingerprint density at radius 1 is 0.974 bits per heavy atom. The summed E-state index contributed by atoms with van der Waals surface area (Å²) in [6.45, 7) is 5.25. The molecular weight excluding hydrogens is 508 g/mol. The highest BCUT2D eigenvalue weighted by Gasteiger charge is 2.23. The second-order valence-electron chi connectivity index (χ2n) is 10.8. The number of aryl methyl sites for hydroxylation is 2. The standard InChI is InChI=1S/C32H33ClN4O2/c1-21-29-19-25(33)11-15-28(29)32(39)37(35-21)26-12-9-23(10-13-26)31(38)34-30-7-5-6-24-18-22(8-14-27(24)30)20-36-16-3-2-4-17-36/h8-15,18-19,30H,2-7,16-17,20H2,1H3,(H,34,38)/t30-/m1/s1. The zero-order chi connectivity index (χ0) is 26.9. The number of hydrogen-bond acceptors (Lipinski definition) is 4. The van der Waals surface area contributed by atoms with Crippen LogP contribution in [0.3, 0.4) is 0 Å². The number of nitrogens with one attached hydrogen (secondary N) is 1. The van der Waals surface area contributed by atoms with Gasteiger partial charge in [0.15, 0.2) is 0 Å². The molecule has 0 spiro atoms. The minimum absolute atomic E-state index is 0.00390. The molecule has 39 heavy (non-hydrogen) atoms. The lowest BCUT2D eigenvalue weighted by molar-refractivity contribution is 0.0932. The summed E-state index contributed by atoms with van der Waals surface area (Å²) < 4.78 is 1.38. The molecule has 0 unspecified atom stereocenters. The number of benzene rings is 3. The Hall–Kier alpha value is -3.48. The predicted molar refractivity (Wildman–Crippen MR) is 156 cm³/mol. The number of halogens is 1. The second-order valence-corrected chi connectivity index (χ2v) is 11.3. The molecule has 1 aliphatic carbocycles. The van der Waals surface area contributed by atoms with Gasteiger partial charge in [0.25, 0.3) is 11.5 Å². The zero-order valence-corrected chi connectivity index (χ0v) is 23.0. The summed E-state index contributed by atoms with van der Waals surface area (Å²) in [4.78, 5) is 28.9. The van der Waals surface area contributed by atoms with Crippen LogP contribution in [-0.2, 0) is 13.0 Å². The van der Waals surface area contributed by atoms with Crippen LogP contribution >= 0.6 is 11.6 Å². The molecule has 3 aromatic carbocycles. The van der Waals surface area contributed by atoms with Gasteiger partial charge < -0.3 is 5.32 Å². The van der Waals surface area contributed by atoms with Crippen LogP contribution in [0, 0.1) is 6.92 Å². The second kappa shape index (κ2) is 10.9. The summed E-state index contributed by atoms with van der Waals surface area (Å²) in [6.07, 6.45) is 6.99. The minimum atomic E-state index is -0.220. The fraction of sp³-hybridized carbons (Fsp3) is 0.344. The van der Waals surface area contributed by atoms with Gasteiger partial charge >= 0.3 is 0 Å². The maximum Gasteiger partial charge on any atom is 0.279 e. The highest BCUT2D eigenvalue weighted by Crippen LogP contribution is 2.31. The van der Waals surface area contributed by atoms with E-state index in [0.717, 1.165) is 31.2 Å². The van der Waals surface area contributed by atoms with Crippen molar-refractivity contribution in [3.63, 3.8) is 0 Å². The minimum Gasteiger partial charge on any atom is -0.345 e. The zero-order valence-electron chi connectivity index (χ0n) is 22.3. The molecule has 4 aromatic rings. The van der Waals surface area contributed by atoms with Gasteiger partial charge in [0.05, 0.1) is 22.8 Å². The number of amides is 1. The molecule has 0 bridgehead atoms. The van der Waals surface area contributed by atoms with Gasteiger partial charge in [-0.05, 0) is 111 Å². The van der Waals surface area contributed by atoms with Crippen molar-refractivity contribution in [1.29, 1.82) is 0 Å². The summed E-state index contributed by atoms with van der Waals surface area (Å²) in [7, 11) is 0. The van der Waals surface area contributed by atoms with E-state index in [1.807, 2.05) is 6.92 Å². The van der Waals surface area contributed by atoms with Crippen molar-refractivity contribution in [2.24, 2.45) is 0 Å². The summed E-state index contributed by atoms with van der Waals surface area (Å²) >= 11 is 6.11. The molecule has 2 heterocycles. The third kappa shape index (κ3) is 5.36. The Morgan fingerprint density at radius 2 is 1.77 bits per heavy atom. The number of rotatable bonds is 5. The van der Waals surface area contributed by atoms with Crippen molar-refractivity contribution in [3.05, 3.63) is 104 Å². The summed E-state index contributed by atoms with van der Waals surface area (Å²) in [5, 5.41) is 9.62. The van der Waals surface area contributed by atoms with E-state index in [1.165, 1.54) is 53.7 Å². The summed E-state index contributed by atoms with van der Waals surface area (Å²) in [5.41, 5.74) is 5.62. The van der Waals surface area contributed by atoms with E-state index < -0.39 is 0 Å². The quantitative estimate of drug-likeness (QED) is 0.330. The fourth-order valence-electron chi connectivity index (χ4n) is 6.03. The summed E-state index contributed by atoms with van der Waals surface area (Å²) in [6, 6.07) is 19.1. The third-order valence-electron chi connectivity index (χ3n) is 8.10. The molecule has 1 saturated heterocycles. The van der Waals surface area contributed by atoms with E-state index in [9.17, 15) is 9.59 Å². The van der Waals surface area contributed by atoms with E-state index in [2.05, 4.69) is 33.5 Å². The van der Waals surface area contributed by atoms with E-state index in [-0.39, 0.29) is 17.5 Å². The van der Waals surface area contributed by atoms with Gasteiger partial charge in [0.2, 0.25) is 0 Å². The first kappa shape index (κ1) is 25.8. The maximum atomic E-state index is 13.2. The van der Waals surface area contributed by atoms with Crippen molar-refractivity contribution >= 4 is 28.3 Å². The van der Waals surface area contributed by atoms with Gasteiger partial charge in [-0.2, -0.15) is 9.78 Å². The van der Waals surface area contributed by atoms with Crippen molar-refractivity contribution in [1.82, 2.24) is 20.0 Å². The van der Waals surface area contributed by atoms with E-state index in [0.29, 0.717) is 27.4 Å². The molecule has 1 aromatic heterocycles. The monoisotopic (exact) mass is 540 g/mol. The van der Waals surface area contributed by atoms with E-state index in [4.69, 9.17) is 11.6 Å². The average molecular weight is 541 g/mol. The number of carbonyl (C=O) groups is 1. The van der Waals surface area contributed by atoms with Crippen LogP contribution in [0.25, 0.3) is 16.5 Å². The van der Waals surface area contributed by atoms with Crippen molar-refractivity contribution < 1.29 is 4.79 Å². The Balaban J connectivity index is 1.18. The molecule has 1 amide bonds. The van der Waals surface area contributed by atoms with Crippen LogP contribution in [0.5, 0.6) is 0 Å². The molecule has 2 aliphatic rings. The van der Waals surface area contributed by atoms with Gasteiger partial charge in [0, 0.05) is 22.5 Å². The molecule has 1 aliphatic heterocycles. The Bertz CT molecular complexity index is 1590. The SMILES string of the molecule is Cc1nn(-c2ccc(C(=O)N[C@@H]3CCCc4cc(CN5CCCCC5)ccc43)cc2)c(=O)c2ccc(Cl)cc12. The molecule has 0 radical (unpaired) electrons. The highest BCUT2D eigenvalue weighted by atomic mass is 35.5. The molecule has 1 fully saturated rings. The summed E-state index contributed by atoms with van der Waals surface area (Å²) in [5.74, 6) is -0.110. The normalized spacial score (nSPS) is 17.6. The van der Waals surface area contributed by atoms with Crippen LogP contribution in [0.15, 0.2) is 65.5 Å². The molecular formula is C32H33ClN4O2. The van der Waals surface area contributed by atoms with Gasteiger partial charge in [0.1, 0.15) is 0 Å². The first-order valence-electron chi connectivity index (χ1n) is 13.9. The smallest absolute Gasteiger partial charge is 0.279 e. The van der Waals surface area contributed by atoms with Crippen LogP contribution in [0.1, 0.15) is 70.9 Å². The van der Waals surface area contributed by atoms with Crippen LogP contribution in [0.2, 0.25) is 5.02 Å². The number of hydrogen-bond donors (Lipinski definition) is 1. The lowest BCUT2D eigenvalue weighted by Crippen LogP contribution is -2.31. The Kier molecular flexibility index (Phi) is 7.24. The molecule has 200 valence electrons. The number of likely N-dealkylation sites (tertiary alicyclic amines) is 1. The largest absolute Gasteiger partial charge is 0.345 e. The van der Waals surface area contributed by atoms with Crippen LogP contribution < -0.4 is 10.9 Å². The van der Waals surface area contributed by atoms with Gasteiger partial charge in [-0.15, -0.1) is 0 Å². The van der Waals surface area contributed by atoms with Crippen LogP contribution in [-0.4, -0.2) is 33.7 Å². The lowest BCUT2D eigenvalue weighted by Gasteiger charge is -2.29. The van der Waals surface area contributed by atoms with Gasteiger partial charge in [-0.3, -0.25) is 14.5 Å². The Labute approximate surface area is 233 Å². The number of carbonyl (C=O) groups excluding carboxylic acids is 1. The first-order valence-corrected chi connectivity index (χ1v) is 14.3. The number of nitrogens with zero attached hydrogens (tertiary/aromatic N) is 3. The molecule has 0 saturated carbocycles. The van der Waals surface area contributed by atoms with E-state index >= 15 is 0 Å². The molecule has 6 nitrogen and oxygen atoms in total. The van der Waals surface area contributed by atoms with Crippen LogP contribution in [0.4, 0.5) is 0 Å². The first-order chi connectivity index (χ1) is 19.0. The van der Waals surface area contributed by atoms with Gasteiger partial charge in [-0.1, -0.05) is 36.2 Å². The Morgan fingerprint density at radius 3 is 2.56 bits per heavy atom. The third-order valence-corrected chi connectivity index (χ3v) is 8.34. The number of fused-ring (bicyclic) bond motifs is 2. The maximum absolute atomic E-state index is 13.2. The molecule has 6 rings (SSSR count). The lowest BCUT2D eigenvalue weighted by atomic mass is 9.86. The molecule has 1 atom stereocenters. The predicted octanol–water partition coefficient (Wildman–Crippen LogP) is 6.14. The average Bonchev–Trinajstić information content (AvgIpc) is 2.95. The van der Waals surface area contributed by atoms with E-state index in [1.54, 1.807) is 42.5 Å². The topological polar surface area (TPSA) is 67.2 Å². The van der Waals surface area contributed by atoms with Crippen molar-refractivity contribution in [3.8, 4) is 5.69 Å². The number of piperidine rings is 1. The van der Waals surface area contributed by atoms with Gasteiger partial charge in [-0.25, -0.2) is 0 Å². The fourth-order valence-corrected chi connectivity index (χ4v) is 6.20. The molecule has 7 heteroatoms. The highest BCUT2D eigenvalue weighted by molar-refractivity contribution is 6.31. The van der Waals surface area contributed by atoms with Crippen molar-refractivity contribution in [2.75, 3.05) is 13.1 Å². The number of aromatic nitrogens is 2. The van der Waals surface area contributed by atoms with Crippen molar-refractivity contribution in [2.45, 2.75) is 58.0 Å².